The van der Waals surface area contributed by atoms with Crippen LogP contribution in [0.4, 0.5) is 4.39 Å². The van der Waals surface area contributed by atoms with Crippen LogP contribution in [0.3, 0.4) is 0 Å². The van der Waals surface area contributed by atoms with Gasteiger partial charge < -0.3 is 10.5 Å². The van der Waals surface area contributed by atoms with Crippen LogP contribution in [0.25, 0.3) is 0 Å². The number of aromatic nitrogens is 1. The van der Waals surface area contributed by atoms with Crippen molar-refractivity contribution < 1.29 is 9.13 Å². The third kappa shape index (κ3) is 2.31. The molecule has 0 saturated heterocycles. The lowest BCUT2D eigenvalue weighted by Crippen LogP contribution is -2.03. The summed E-state index contributed by atoms with van der Waals surface area (Å²) in [5.74, 6) is 0.593. The lowest BCUT2D eigenvalue weighted by Gasteiger charge is -2.10. The number of fused-ring (bicyclic) bond motifs is 1. The van der Waals surface area contributed by atoms with Crippen LogP contribution >= 0.6 is 0 Å². The standard InChI is InChI=1S/C15H15FN2O/c16-12-4-2-6-14(11(12)9-17)19-15-8-7-10-3-1-5-13(10)18-15/h2,4,6-8H,1,3,5,9,17H2. The normalized spacial score (nSPS) is 13.4. The molecule has 19 heavy (non-hydrogen) atoms. The van der Waals surface area contributed by atoms with E-state index in [9.17, 15) is 4.39 Å². The van der Waals surface area contributed by atoms with Gasteiger partial charge in [0.15, 0.2) is 0 Å². The Bertz CT molecular complexity index is 613. The summed E-state index contributed by atoms with van der Waals surface area (Å²) in [6.45, 7) is 0.104. The Morgan fingerprint density at radius 2 is 2.11 bits per heavy atom. The van der Waals surface area contributed by atoms with Gasteiger partial charge in [0.25, 0.3) is 0 Å². The number of aryl methyl sites for hydroxylation is 2. The van der Waals surface area contributed by atoms with Gasteiger partial charge in [0.05, 0.1) is 0 Å². The van der Waals surface area contributed by atoms with Gasteiger partial charge in [0.2, 0.25) is 5.88 Å². The molecule has 0 atom stereocenters. The summed E-state index contributed by atoms with van der Waals surface area (Å²) >= 11 is 0. The average molecular weight is 258 g/mol. The second-order valence-electron chi connectivity index (χ2n) is 4.63. The first-order valence-electron chi connectivity index (χ1n) is 6.42. The lowest BCUT2D eigenvalue weighted by molar-refractivity contribution is 0.448. The van der Waals surface area contributed by atoms with Crippen molar-refractivity contribution in [2.24, 2.45) is 5.73 Å². The molecule has 0 aliphatic heterocycles. The number of pyridine rings is 1. The molecule has 1 aliphatic rings. The number of hydrogen-bond donors (Lipinski definition) is 1. The Labute approximate surface area is 111 Å². The van der Waals surface area contributed by atoms with Gasteiger partial charge in [-0.05, 0) is 37.0 Å². The molecule has 1 aliphatic carbocycles. The van der Waals surface area contributed by atoms with Gasteiger partial charge in [0.1, 0.15) is 11.6 Å². The van der Waals surface area contributed by atoms with Crippen molar-refractivity contribution in [1.29, 1.82) is 0 Å². The van der Waals surface area contributed by atoms with Crippen LogP contribution in [0.2, 0.25) is 0 Å². The predicted molar refractivity (Wildman–Crippen MR) is 70.6 cm³/mol. The SMILES string of the molecule is NCc1c(F)cccc1Oc1ccc2c(n1)CCC2. The zero-order chi connectivity index (χ0) is 13.2. The van der Waals surface area contributed by atoms with E-state index in [2.05, 4.69) is 4.98 Å². The maximum Gasteiger partial charge on any atom is 0.219 e. The van der Waals surface area contributed by atoms with Crippen molar-refractivity contribution in [1.82, 2.24) is 4.98 Å². The number of nitrogens with two attached hydrogens (primary N) is 1. The number of ether oxygens (including phenoxy) is 1. The number of nitrogens with zero attached hydrogens (tertiary/aromatic N) is 1. The molecule has 3 nitrogen and oxygen atoms in total. The molecular formula is C15H15FN2O. The molecule has 1 aromatic carbocycles. The summed E-state index contributed by atoms with van der Waals surface area (Å²) in [6.07, 6.45) is 3.20. The molecule has 0 saturated carbocycles. The van der Waals surface area contributed by atoms with E-state index in [1.54, 1.807) is 12.1 Å². The van der Waals surface area contributed by atoms with Crippen LogP contribution in [0, 0.1) is 5.82 Å². The first-order valence-corrected chi connectivity index (χ1v) is 6.42. The minimum Gasteiger partial charge on any atom is -0.439 e. The summed E-state index contributed by atoms with van der Waals surface area (Å²) in [4.78, 5) is 4.47. The molecule has 1 aromatic heterocycles. The molecule has 1 heterocycles. The van der Waals surface area contributed by atoms with Crippen molar-refractivity contribution in [3.05, 3.63) is 53.0 Å². The second kappa shape index (κ2) is 4.97. The quantitative estimate of drug-likeness (QED) is 0.920. The average Bonchev–Trinajstić information content (AvgIpc) is 2.86. The van der Waals surface area contributed by atoms with Crippen LogP contribution in [0.1, 0.15) is 23.2 Å². The highest BCUT2D eigenvalue weighted by Crippen LogP contribution is 2.28. The molecular weight excluding hydrogens is 243 g/mol. The van der Waals surface area contributed by atoms with E-state index in [0.29, 0.717) is 17.2 Å². The van der Waals surface area contributed by atoms with Crippen molar-refractivity contribution in [3.8, 4) is 11.6 Å². The van der Waals surface area contributed by atoms with E-state index in [0.717, 1.165) is 25.0 Å². The molecule has 0 unspecified atom stereocenters. The Kier molecular flexibility index (Phi) is 3.17. The maximum atomic E-state index is 13.6. The third-order valence-corrected chi connectivity index (χ3v) is 3.40. The number of halogens is 1. The predicted octanol–water partition coefficient (Wildman–Crippen LogP) is 2.96. The van der Waals surface area contributed by atoms with Crippen molar-refractivity contribution in [2.75, 3.05) is 0 Å². The first kappa shape index (κ1) is 12.1. The van der Waals surface area contributed by atoms with Gasteiger partial charge in [-0.1, -0.05) is 12.1 Å². The molecule has 0 amide bonds. The van der Waals surface area contributed by atoms with E-state index >= 15 is 0 Å². The highest BCUT2D eigenvalue weighted by Gasteiger charge is 2.14. The van der Waals surface area contributed by atoms with Crippen molar-refractivity contribution >= 4 is 0 Å². The molecule has 98 valence electrons. The fourth-order valence-electron chi connectivity index (χ4n) is 2.40. The Morgan fingerprint density at radius 1 is 1.21 bits per heavy atom. The fourth-order valence-corrected chi connectivity index (χ4v) is 2.40. The number of rotatable bonds is 3. The van der Waals surface area contributed by atoms with E-state index in [1.807, 2.05) is 12.1 Å². The van der Waals surface area contributed by atoms with Crippen molar-refractivity contribution in [3.63, 3.8) is 0 Å². The Balaban J connectivity index is 1.91. The smallest absolute Gasteiger partial charge is 0.219 e. The first-order chi connectivity index (χ1) is 9.28. The van der Waals surface area contributed by atoms with E-state index in [4.69, 9.17) is 10.5 Å². The second-order valence-corrected chi connectivity index (χ2v) is 4.63. The minimum absolute atomic E-state index is 0.104. The third-order valence-electron chi connectivity index (χ3n) is 3.40. The molecule has 0 radical (unpaired) electrons. The van der Waals surface area contributed by atoms with E-state index in [1.165, 1.54) is 11.6 Å². The summed E-state index contributed by atoms with van der Waals surface area (Å²) in [5, 5.41) is 0. The fraction of sp³-hybridized carbons (Fsp3) is 0.267. The minimum atomic E-state index is -0.346. The lowest BCUT2D eigenvalue weighted by atomic mass is 10.2. The van der Waals surface area contributed by atoms with Crippen LogP contribution in [-0.2, 0) is 19.4 Å². The van der Waals surface area contributed by atoms with Gasteiger partial charge in [-0.3, -0.25) is 0 Å². The van der Waals surface area contributed by atoms with Gasteiger partial charge in [-0.15, -0.1) is 0 Å². The van der Waals surface area contributed by atoms with Crippen LogP contribution in [0.15, 0.2) is 30.3 Å². The number of benzene rings is 1. The summed E-state index contributed by atoms with van der Waals surface area (Å²) in [5.41, 5.74) is 8.30. The summed E-state index contributed by atoms with van der Waals surface area (Å²) < 4.78 is 19.3. The molecule has 2 aromatic rings. The Hall–Kier alpha value is -1.94. The van der Waals surface area contributed by atoms with E-state index < -0.39 is 0 Å². The summed E-state index contributed by atoms with van der Waals surface area (Å²) in [7, 11) is 0. The largest absolute Gasteiger partial charge is 0.439 e. The molecule has 0 fully saturated rings. The zero-order valence-electron chi connectivity index (χ0n) is 10.5. The van der Waals surface area contributed by atoms with Crippen LogP contribution in [0.5, 0.6) is 11.6 Å². The molecule has 3 rings (SSSR count). The topological polar surface area (TPSA) is 48.1 Å². The van der Waals surface area contributed by atoms with Crippen LogP contribution < -0.4 is 10.5 Å². The highest BCUT2D eigenvalue weighted by molar-refractivity contribution is 5.38. The highest BCUT2D eigenvalue weighted by atomic mass is 19.1. The molecule has 0 bridgehead atoms. The molecule has 2 N–H and O–H groups in total. The summed E-state index contributed by atoms with van der Waals surface area (Å²) in [6, 6.07) is 8.56. The molecule has 4 heteroatoms. The maximum absolute atomic E-state index is 13.6. The van der Waals surface area contributed by atoms with Gasteiger partial charge in [0, 0.05) is 23.9 Å². The van der Waals surface area contributed by atoms with E-state index in [-0.39, 0.29) is 12.4 Å². The van der Waals surface area contributed by atoms with Gasteiger partial charge in [-0.25, -0.2) is 9.37 Å². The Morgan fingerprint density at radius 3 is 2.95 bits per heavy atom. The van der Waals surface area contributed by atoms with Crippen molar-refractivity contribution in [2.45, 2.75) is 25.8 Å². The number of hydrogen-bond acceptors (Lipinski definition) is 3. The van der Waals surface area contributed by atoms with Crippen LogP contribution in [-0.4, -0.2) is 4.98 Å². The monoisotopic (exact) mass is 258 g/mol. The zero-order valence-corrected chi connectivity index (χ0v) is 10.5. The van der Waals surface area contributed by atoms with Gasteiger partial charge >= 0.3 is 0 Å². The molecule has 0 spiro atoms. The van der Waals surface area contributed by atoms with Gasteiger partial charge in [-0.2, -0.15) is 0 Å².